The number of hydrogen-bond acceptors (Lipinski definition) is 4. The molecule has 0 aliphatic heterocycles. The summed E-state index contributed by atoms with van der Waals surface area (Å²) >= 11 is 3.12. The lowest BCUT2D eigenvalue weighted by molar-refractivity contribution is 0.456. The van der Waals surface area contributed by atoms with E-state index in [9.17, 15) is 8.42 Å². The van der Waals surface area contributed by atoms with E-state index in [1.807, 2.05) is 31.2 Å². The fourth-order valence-electron chi connectivity index (χ4n) is 1.90. The molecule has 0 radical (unpaired) electrons. The summed E-state index contributed by atoms with van der Waals surface area (Å²) in [5, 5.41) is 7.46. The molecule has 0 saturated carbocycles. The molecule has 1 heterocycles. The third-order valence-corrected chi connectivity index (χ3v) is 5.57. The molecular weight excluding hydrogens is 344 g/mol. The molecule has 2 rings (SSSR count). The van der Waals surface area contributed by atoms with Gasteiger partial charge in [-0.05, 0) is 28.4 Å². The second-order valence-corrected chi connectivity index (χ2v) is 7.27. The molecule has 1 aromatic carbocycles. The van der Waals surface area contributed by atoms with E-state index in [0.29, 0.717) is 6.54 Å². The molecule has 1 aromatic heterocycles. The van der Waals surface area contributed by atoms with Gasteiger partial charge in [-0.3, -0.25) is 0 Å². The number of aromatic nitrogens is 3. The monoisotopic (exact) mass is 358 g/mol. The molecule has 0 fully saturated rings. The summed E-state index contributed by atoms with van der Waals surface area (Å²) in [5.41, 5.74) is 2.03. The van der Waals surface area contributed by atoms with Gasteiger partial charge >= 0.3 is 0 Å². The van der Waals surface area contributed by atoms with Crippen molar-refractivity contribution in [1.82, 2.24) is 19.3 Å². The number of sulfonamides is 1. The molecule has 0 N–H and O–H groups in total. The Kier molecular flexibility index (Phi) is 4.26. The number of halogens is 1. The van der Waals surface area contributed by atoms with Crippen LogP contribution in [0.2, 0.25) is 0 Å². The second kappa shape index (κ2) is 5.63. The SMILES string of the molecule is Cc1cccc(CN(C)S(=O)(=O)c2c(Br)nnn2C)c1. The van der Waals surface area contributed by atoms with Crippen molar-refractivity contribution in [3.63, 3.8) is 0 Å². The molecular formula is C12H15BrN4O2S. The molecule has 0 saturated heterocycles. The zero-order chi connectivity index (χ0) is 14.9. The van der Waals surface area contributed by atoms with Crippen LogP contribution in [-0.4, -0.2) is 34.8 Å². The molecule has 108 valence electrons. The Balaban J connectivity index is 2.31. The highest BCUT2D eigenvalue weighted by Gasteiger charge is 2.28. The average molecular weight is 359 g/mol. The molecule has 0 unspecified atom stereocenters. The second-order valence-electron chi connectivity index (χ2n) is 4.56. The summed E-state index contributed by atoms with van der Waals surface area (Å²) in [4.78, 5) is 0. The first-order valence-electron chi connectivity index (χ1n) is 5.89. The predicted molar refractivity (Wildman–Crippen MR) is 78.5 cm³/mol. The number of benzene rings is 1. The Hall–Kier alpha value is -1.25. The minimum atomic E-state index is -3.64. The average Bonchev–Trinajstić information content (AvgIpc) is 2.69. The maximum atomic E-state index is 12.5. The maximum absolute atomic E-state index is 12.5. The summed E-state index contributed by atoms with van der Waals surface area (Å²) in [6.07, 6.45) is 0. The first-order chi connectivity index (χ1) is 9.32. The van der Waals surface area contributed by atoms with Crippen molar-refractivity contribution in [1.29, 1.82) is 0 Å². The van der Waals surface area contributed by atoms with E-state index in [1.165, 1.54) is 16.0 Å². The number of nitrogens with zero attached hydrogens (tertiary/aromatic N) is 4. The van der Waals surface area contributed by atoms with Gasteiger partial charge in [-0.25, -0.2) is 13.1 Å². The zero-order valence-electron chi connectivity index (χ0n) is 11.4. The molecule has 2 aromatic rings. The quantitative estimate of drug-likeness (QED) is 0.834. The van der Waals surface area contributed by atoms with Crippen molar-refractivity contribution in [2.24, 2.45) is 7.05 Å². The largest absolute Gasteiger partial charge is 0.263 e. The lowest BCUT2D eigenvalue weighted by Gasteiger charge is -2.17. The van der Waals surface area contributed by atoms with Gasteiger partial charge in [-0.2, -0.15) is 4.31 Å². The summed E-state index contributed by atoms with van der Waals surface area (Å²) in [5.74, 6) is 0. The molecule has 0 bridgehead atoms. The van der Waals surface area contributed by atoms with Gasteiger partial charge in [0.2, 0.25) is 5.03 Å². The van der Waals surface area contributed by atoms with Crippen LogP contribution in [0.25, 0.3) is 0 Å². The molecule has 8 heteroatoms. The number of rotatable bonds is 4. The highest BCUT2D eigenvalue weighted by atomic mass is 79.9. The van der Waals surface area contributed by atoms with E-state index in [4.69, 9.17) is 0 Å². The van der Waals surface area contributed by atoms with Gasteiger partial charge in [0.15, 0.2) is 4.60 Å². The number of hydrogen-bond donors (Lipinski definition) is 0. The van der Waals surface area contributed by atoms with Crippen molar-refractivity contribution in [2.45, 2.75) is 18.5 Å². The zero-order valence-corrected chi connectivity index (χ0v) is 13.8. The Morgan fingerprint density at radius 2 is 2.10 bits per heavy atom. The lowest BCUT2D eigenvalue weighted by atomic mass is 10.1. The van der Waals surface area contributed by atoms with Crippen LogP contribution in [0.4, 0.5) is 0 Å². The first kappa shape index (κ1) is 15.1. The first-order valence-corrected chi connectivity index (χ1v) is 8.12. The van der Waals surface area contributed by atoms with Crippen molar-refractivity contribution in [2.75, 3.05) is 7.05 Å². The van der Waals surface area contributed by atoms with Gasteiger partial charge < -0.3 is 0 Å². The summed E-state index contributed by atoms with van der Waals surface area (Å²) in [7, 11) is -0.558. The summed E-state index contributed by atoms with van der Waals surface area (Å²) in [6.45, 7) is 2.27. The molecule has 0 aliphatic carbocycles. The van der Waals surface area contributed by atoms with Crippen LogP contribution < -0.4 is 0 Å². The smallest absolute Gasteiger partial charge is 0.235 e. The predicted octanol–water partition coefficient (Wildman–Crippen LogP) is 1.71. The highest BCUT2D eigenvalue weighted by molar-refractivity contribution is 9.10. The van der Waals surface area contributed by atoms with Crippen molar-refractivity contribution in [3.8, 4) is 0 Å². The summed E-state index contributed by atoms with van der Waals surface area (Å²) in [6, 6.07) is 7.74. The van der Waals surface area contributed by atoms with Crippen molar-refractivity contribution < 1.29 is 8.42 Å². The van der Waals surface area contributed by atoms with E-state index in [1.54, 1.807) is 7.05 Å². The fourth-order valence-corrected chi connectivity index (χ4v) is 4.08. The molecule has 0 spiro atoms. The van der Waals surface area contributed by atoms with Crippen LogP contribution in [0.15, 0.2) is 33.9 Å². The Morgan fingerprint density at radius 3 is 2.65 bits per heavy atom. The van der Waals surface area contributed by atoms with Gasteiger partial charge in [-0.15, -0.1) is 5.10 Å². The molecule has 0 atom stereocenters. The van der Waals surface area contributed by atoms with Crippen LogP contribution in [0.1, 0.15) is 11.1 Å². The third-order valence-electron chi connectivity index (χ3n) is 2.88. The minimum absolute atomic E-state index is 0.0488. The van der Waals surface area contributed by atoms with Crippen LogP contribution in [-0.2, 0) is 23.6 Å². The van der Waals surface area contributed by atoms with Crippen LogP contribution >= 0.6 is 15.9 Å². The van der Waals surface area contributed by atoms with E-state index in [2.05, 4.69) is 26.2 Å². The van der Waals surface area contributed by atoms with E-state index < -0.39 is 10.0 Å². The van der Waals surface area contributed by atoms with Crippen molar-refractivity contribution >= 4 is 26.0 Å². The molecule has 0 amide bonds. The van der Waals surface area contributed by atoms with Gasteiger partial charge in [0, 0.05) is 20.6 Å². The molecule has 0 aliphatic rings. The van der Waals surface area contributed by atoms with Gasteiger partial charge in [-0.1, -0.05) is 35.0 Å². The maximum Gasteiger partial charge on any atom is 0.263 e. The highest BCUT2D eigenvalue weighted by Crippen LogP contribution is 2.22. The van der Waals surface area contributed by atoms with Crippen LogP contribution in [0.5, 0.6) is 0 Å². The molecule has 6 nitrogen and oxygen atoms in total. The fraction of sp³-hybridized carbons (Fsp3) is 0.333. The van der Waals surface area contributed by atoms with Crippen molar-refractivity contribution in [3.05, 3.63) is 40.0 Å². The third kappa shape index (κ3) is 2.92. The van der Waals surface area contributed by atoms with E-state index in [0.717, 1.165) is 11.1 Å². The normalized spacial score (nSPS) is 12.1. The standard InChI is InChI=1S/C12H15BrN4O2S/c1-9-5-4-6-10(7-9)8-16(2)20(18,19)12-11(13)14-15-17(12)3/h4-7H,8H2,1-3H3. The molecule has 20 heavy (non-hydrogen) atoms. The van der Waals surface area contributed by atoms with Crippen LogP contribution in [0, 0.1) is 6.92 Å². The van der Waals surface area contributed by atoms with E-state index >= 15 is 0 Å². The number of aryl methyl sites for hydroxylation is 2. The van der Waals surface area contributed by atoms with E-state index in [-0.39, 0.29) is 9.63 Å². The van der Waals surface area contributed by atoms with Crippen LogP contribution in [0.3, 0.4) is 0 Å². The Morgan fingerprint density at radius 1 is 1.40 bits per heavy atom. The topological polar surface area (TPSA) is 68.1 Å². The Bertz CT molecular complexity index is 707. The van der Waals surface area contributed by atoms with Gasteiger partial charge in [0.1, 0.15) is 0 Å². The van der Waals surface area contributed by atoms with Gasteiger partial charge in [0.05, 0.1) is 0 Å². The summed E-state index contributed by atoms with van der Waals surface area (Å²) < 4.78 is 27.8. The lowest BCUT2D eigenvalue weighted by Crippen LogP contribution is -2.28. The van der Waals surface area contributed by atoms with Gasteiger partial charge in [0.25, 0.3) is 10.0 Å². The minimum Gasteiger partial charge on any atom is -0.235 e. The Labute approximate surface area is 126 Å².